The van der Waals surface area contributed by atoms with Crippen LogP contribution in [-0.2, 0) is 26.2 Å². The van der Waals surface area contributed by atoms with Gasteiger partial charge in [0.15, 0.2) is 0 Å². The lowest BCUT2D eigenvalue weighted by atomic mass is 10.0. The van der Waals surface area contributed by atoms with E-state index in [1.807, 2.05) is 0 Å². The van der Waals surface area contributed by atoms with Crippen molar-refractivity contribution >= 4 is 20.0 Å². The van der Waals surface area contributed by atoms with Crippen molar-refractivity contribution in [1.29, 1.82) is 0 Å². The number of nitrogens with zero attached hydrogens (tertiary/aromatic N) is 3. The Labute approximate surface area is 215 Å². The fourth-order valence-electron chi connectivity index (χ4n) is 4.84. The average molecular weight is 562 g/mol. The summed E-state index contributed by atoms with van der Waals surface area (Å²) in [4.78, 5) is 3.19. The monoisotopic (exact) mass is 561 g/mol. The number of rotatable bonds is 9. The molecule has 2 aliphatic heterocycles. The van der Waals surface area contributed by atoms with Gasteiger partial charge in [-0.05, 0) is 62.3 Å². The van der Waals surface area contributed by atoms with Gasteiger partial charge in [0.25, 0.3) is 0 Å². The Morgan fingerprint density at radius 3 is 2.24 bits per heavy atom. The van der Waals surface area contributed by atoms with Gasteiger partial charge in [-0.15, -0.1) is 0 Å². The Kier molecular flexibility index (Phi) is 8.46. The number of aromatic nitrogens is 1. The molecule has 0 radical (unpaired) electrons. The van der Waals surface area contributed by atoms with Gasteiger partial charge < -0.3 is 4.74 Å². The smallest absolute Gasteiger partial charge is 0.417 e. The molecule has 0 bridgehead atoms. The van der Waals surface area contributed by atoms with E-state index in [1.54, 1.807) is 24.5 Å². The quantitative estimate of drug-likeness (QED) is 0.463. The van der Waals surface area contributed by atoms with E-state index in [1.165, 1.54) is 10.4 Å². The highest BCUT2D eigenvalue weighted by Gasteiger charge is 2.40. The molecule has 8 nitrogen and oxygen atoms in total. The molecule has 2 saturated heterocycles. The van der Waals surface area contributed by atoms with Gasteiger partial charge in [-0.25, -0.2) is 21.1 Å². The summed E-state index contributed by atoms with van der Waals surface area (Å²) in [6.07, 6.45) is 0.892. The minimum absolute atomic E-state index is 0.0525. The number of halogens is 3. The Morgan fingerprint density at radius 2 is 1.57 bits per heavy atom. The van der Waals surface area contributed by atoms with Crippen molar-refractivity contribution < 1.29 is 34.7 Å². The summed E-state index contributed by atoms with van der Waals surface area (Å²) in [6, 6.07) is 7.68. The molecule has 2 aromatic rings. The Bertz CT molecular complexity index is 1270. The molecule has 204 valence electrons. The number of hydrogen-bond donors (Lipinski definition) is 0. The third kappa shape index (κ3) is 6.81. The number of pyridine rings is 1. The van der Waals surface area contributed by atoms with Gasteiger partial charge in [-0.2, -0.15) is 17.5 Å². The Morgan fingerprint density at radius 1 is 0.919 bits per heavy atom. The first-order valence-corrected chi connectivity index (χ1v) is 15.2. The number of alkyl halides is 3. The van der Waals surface area contributed by atoms with Gasteiger partial charge in [-0.3, -0.25) is 4.98 Å². The zero-order chi connectivity index (χ0) is 26.7. The maximum absolute atomic E-state index is 13.3. The van der Waals surface area contributed by atoms with Gasteiger partial charge in [-0.1, -0.05) is 12.1 Å². The van der Waals surface area contributed by atoms with E-state index in [2.05, 4.69) is 4.98 Å². The maximum Gasteiger partial charge on any atom is 0.417 e. The number of sulfonamides is 2. The molecule has 2 fully saturated rings. The summed E-state index contributed by atoms with van der Waals surface area (Å²) in [5.41, 5.74) is -1.18. The Balaban J connectivity index is 1.25. The molecule has 4 rings (SSSR count). The first kappa shape index (κ1) is 27.8. The molecule has 0 saturated carbocycles. The molecule has 1 atom stereocenters. The van der Waals surface area contributed by atoms with E-state index in [-0.39, 0.29) is 30.9 Å². The first-order valence-electron chi connectivity index (χ1n) is 12.2. The summed E-state index contributed by atoms with van der Waals surface area (Å²) < 4.78 is 100.0. The zero-order valence-corrected chi connectivity index (χ0v) is 21.8. The van der Waals surface area contributed by atoms with Crippen molar-refractivity contribution in [3.8, 4) is 5.75 Å². The van der Waals surface area contributed by atoms with Crippen molar-refractivity contribution in [3.05, 3.63) is 54.4 Å². The molecule has 1 aromatic carbocycles. The molecule has 3 heterocycles. The second-order valence-corrected chi connectivity index (χ2v) is 13.4. The fraction of sp³-hybridized carbons (Fsp3) is 0.542. The van der Waals surface area contributed by atoms with Crippen molar-refractivity contribution in [2.24, 2.45) is 5.92 Å². The molecule has 0 spiro atoms. The zero-order valence-electron chi connectivity index (χ0n) is 20.2. The summed E-state index contributed by atoms with van der Waals surface area (Å²) in [6.45, 7) is 0.918. The SMILES string of the molecule is O=S(=O)(CCC[C@H]1CCN(S(=O)(=O)c2ccccc2C(F)(F)F)C1)N1CCC(Oc2ccncc2)CC1. The van der Waals surface area contributed by atoms with Crippen LogP contribution in [0.1, 0.15) is 37.7 Å². The molecular formula is C24H30F3N3O5S2. The third-order valence-corrected chi connectivity index (χ3v) is 10.7. The van der Waals surface area contributed by atoms with E-state index in [4.69, 9.17) is 4.74 Å². The van der Waals surface area contributed by atoms with Crippen LogP contribution in [0.4, 0.5) is 13.2 Å². The number of benzene rings is 1. The standard InChI is InChI=1S/C24H30F3N3O5S2/c25-24(26,27)22-5-1-2-6-23(22)37(33,34)30-14-9-19(18-30)4-3-17-36(31,32)29-15-10-21(11-16-29)35-20-7-12-28-13-8-20/h1-2,5-8,12-13,19,21H,3-4,9-11,14-18H2/t19-/m0/s1. The molecule has 0 unspecified atom stereocenters. The van der Waals surface area contributed by atoms with Crippen molar-refractivity contribution in [2.75, 3.05) is 31.9 Å². The lowest BCUT2D eigenvalue weighted by Gasteiger charge is -2.31. The predicted octanol–water partition coefficient (Wildman–Crippen LogP) is 3.76. The molecule has 1 aromatic heterocycles. The van der Waals surface area contributed by atoms with E-state index < -0.39 is 36.7 Å². The molecule has 0 N–H and O–H groups in total. The van der Waals surface area contributed by atoms with Gasteiger partial charge in [0.1, 0.15) is 11.9 Å². The summed E-state index contributed by atoms with van der Waals surface area (Å²) in [5.74, 6) is 0.539. The van der Waals surface area contributed by atoms with Crippen LogP contribution in [0.2, 0.25) is 0 Å². The second-order valence-electron chi connectivity index (χ2n) is 9.37. The van der Waals surface area contributed by atoms with Crippen LogP contribution in [-0.4, -0.2) is 68.5 Å². The summed E-state index contributed by atoms with van der Waals surface area (Å²) in [7, 11) is -7.78. The molecule has 13 heteroatoms. The van der Waals surface area contributed by atoms with E-state index in [0.29, 0.717) is 50.9 Å². The van der Waals surface area contributed by atoms with Crippen LogP contribution < -0.4 is 4.74 Å². The Hall–Kier alpha value is -2.22. The maximum atomic E-state index is 13.3. The number of piperidine rings is 1. The van der Waals surface area contributed by atoms with Crippen LogP contribution >= 0.6 is 0 Å². The van der Waals surface area contributed by atoms with Gasteiger partial charge in [0.2, 0.25) is 20.0 Å². The van der Waals surface area contributed by atoms with E-state index >= 15 is 0 Å². The highest BCUT2D eigenvalue weighted by Crippen LogP contribution is 2.36. The lowest BCUT2D eigenvalue weighted by Crippen LogP contribution is -2.42. The minimum atomic E-state index is -4.78. The van der Waals surface area contributed by atoms with E-state index in [9.17, 15) is 30.0 Å². The van der Waals surface area contributed by atoms with Gasteiger partial charge in [0.05, 0.1) is 16.2 Å². The molecule has 37 heavy (non-hydrogen) atoms. The average Bonchev–Trinajstić information content (AvgIpc) is 3.34. The van der Waals surface area contributed by atoms with Crippen molar-refractivity contribution in [1.82, 2.24) is 13.6 Å². The van der Waals surface area contributed by atoms with E-state index in [0.717, 1.165) is 22.5 Å². The number of hydrogen-bond acceptors (Lipinski definition) is 6. The predicted molar refractivity (Wildman–Crippen MR) is 131 cm³/mol. The molecule has 0 aliphatic carbocycles. The minimum Gasteiger partial charge on any atom is -0.490 e. The lowest BCUT2D eigenvalue weighted by molar-refractivity contribution is -0.139. The highest BCUT2D eigenvalue weighted by atomic mass is 32.2. The second kappa shape index (κ2) is 11.3. The van der Waals surface area contributed by atoms with Crippen molar-refractivity contribution in [3.63, 3.8) is 0 Å². The number of ether oxygens (including phenoxy) is 1. The van der Waals surface area contributed by atoms with Crippen LogP contribution in [0, 0.1) is 5.92 Å². The normalized spacial score (nSPS) is 20.8. The van der Waals surface area contributed by atoms with Gasteiger partial charge in [0, 0.05) is 38.6 Å². The van der Waals surface area contributed by atoms with Crippen LogP contribution in [0.15, 0.2) is 53.7 Å². The van der Waals surface area contributed by atoms with Crippen LogP contribution in [0.3, 0.4) is 0 Å². The largest absolute Gasteiger partial charge is 0.490 e. The third-order valence-electron chi connectivity index (χ3n) is 6.82. The molecular weight excluding hydrogens is 531 g/mol. The van der Waals surface area contributed by atoms with Gasteiger partial charge >= 0.3 is 6.18 Å². The molecule has 2 aliphatic rings. The fourth-order valence-corrected chi connectivity index (χ4v) is 8.14. The topological polar surface area (TPSA) is 96.9 Å². The van der Waals surface area contributed by atoms with Crippen molar-refractivity contribution in [2.45, 2.75) is 49.3 Å². The summed E-state index contributed by atoms with van der Waals surface area (Å²) >= 11 is 0. The van der Waals surface area contributed by atoms with Crippen LogP contribution in [0.5, 0.6) is 5.75 Å². The van der Waals surface area contributed by atoms with Crippen LogP contribution in [0.25, 0.3) is 0 Å². The first-order chi connectivity index (χ1) is 17.5. The molecule has 0 amide bonds. The highest BCUT2D eigenvalue weighted by molar-refractivity contribution is 7.89. The summed E-state index contributed by atoms with van der Waals surface area (Å²) in [5, 5.41) is 0.